The van der Waals surface area contributed by atoms with E-state index in [0.29, 0.717) is 19.1 Å². The number of carbonyl (C=O) groups is 2. The Balaban J connectivity index is 1.41. The average molecular weight is 518 g/mol. The number of nitrogens with zero attached hydrogens (tertiary/aromatic N) is 5. The molecule has 3 saturated heterocycles. The Morgan fingerprint density at radius 2 is 1.76 bits per heavy atom. The number of hydrogen-bond acceptors (Lipinski definition) is 5. The maximum Gasteiger partial charge on any atom is 0.325 e. The van der Waals surface area contributed by atoms with Crippen molar-refractivity contribution >= 4 is 17.6 Å². The number of fused-ring (bicyclic) bond motifs is 1. The molecule has 8 nitrogen and oxygen atoms in total. The number of amides is 3. The molecule has 4 unspecified atom stereocenters. The topological polar surface area (TPSA) is 73.2 Å². The van der Waals surface area contributed by atoms with E-state index in [2.05, 4.69) is 55.3 Å². The number of likely N-dealkylation sites (tertiary alicyclic amines) is 1. The Hall–Kier alpha value is -2.94. The quantitative estimate of drug-likeness (QED) is 0.517. The van der Waals surface area contributed by atoms with Gasteiger partial charge in [-0.05, 0) is 61.3 Å². The van der Waals surface area contributed by atoms with E-state index in [0.717, 1.165) is 17.8 Å². The normalized spacial score (nSPS) is 26.8. The largest absolute Gasteiger partial charge is 0.572 e. The zero-order valence-corrected chi connectivity index (χ0v) is 23.1. The van der Waals surface area contributed by atoms with E-state index in [1.165, 1.54) is 36.3 Å². The molecule has 1 N–H and O–H groups in total. The van der Waals surface area contributed by atoms with E-state index in [-0.39, 0.29) is 24.0 Å². The van der Waals surface area contributed by atoms with Crippen LogP contribution in [0.5, 0.6) is 0 Å². The molecular formula is C30H41N6O2-. The van der Waals surface area contributed by atoms with Crippen molar-refractivity contribution in [3.63, 3.8) is 0 Å². The van der Waals surface area contributed by atoms with Crippen molar-refractivity contribution in [1.82, 2.24) is 19.7 Å². The third kappa shape index (κ3) is 5.30. The smallest absolute Gasteiger partial charge is 0.325 e. The van der Waals surface area contributed by atoms with Crippen LogP contribution < -0.4 is 5.32 Å². The molecule has 5 rings (SSSR count). The van der Waals surface area contributed by atoms with E-state index >= 15 is 0 Å². The number of piperidine rings is 1. The van der Waals surface area contributed by atoms with Crippen molar-refractivity contribution in [2.24, 2.45) is 11.8 Å². The molecule has 3 fully saturated rings. The lowest BCUT2D eigenvalue weighted by atomic mass is 9.94. The molecule has 0 aromatic heterocycles. The lowest BCUT2D eigenvalue weighted by molar-refractivity contribution is -0.136. The summed E-state index contributed by atoms with van der Waals surface area (Å²) in [5.41, 5.74) is 8.44. The van der Waals surface area contributed by atoms with Crippen molar-refractivity contribution in [2.45, 2.75) is 65.0 Å². The number of anilines is 1. The number of imide groups is 1. The third-order valence-electron chi connectivity index (χ3n) is 8.10. The second kappa shape index (κ2) is 11.4. The minimum absolute atomic E-state index is 0.188. The number of para-hydroxylation sites is 1. The Morgan fingerprint density at radius 1 is 1.03 bits per heavy atom. The van der Waals surface area contributed by atoms with Gasteiger partial charge in [0.15, 0.2) is 0 Å². The predicted octanol–water partition coefficient (Wildman–Crippen LogP) is 5.27. The van der Waals surface area contributed by atoms with Gasteiger partial charge in [-0.15, -0.1) is 0 Å². The van der Waals surface area contributed by atoms with E-state index in [4.69, 9.17) is 5.43 Å². The van der Waals surface area contributed by atoms with Gasteiger partial charge in [0.2, 0.25) is 5.91 Å². The molecule has 204 valence electrons. The molecule has 3 amide bonds. The van der Waals surface area contributed by atoms with Crippen LogP contribution in [0.1, 0.15) is 57.2 Å². The SMILES string of the molecule is CCN1CCCCC1c1ccc(CN2[N-]C3C(C(=O)N(C)C(=O)N3CC(C)C)C2Nc2ccccc2)cc1. The monoisotopic (exact) mass is 517 g/mol. The van der Waals surface area contributed by atoms with Crippen LogP contribution in [0.3, 0.4) is 0 Å². The van der Waals surface area contributed by atoms with E-state index in [9.17, 15) is 9.59 Å². The van der Waals surface area contributed by atoms with Gasteiger partial charge in [-0.1, -0.05) is 69.7 Å². The molecule has 3 aliphatic rings. The third-order valence-corrected chi connectivity index (χ3v) is 8.10. The molecule has 0 saturated carbocycles. The minimum atomic E-state index is -0.519. The number of nitrogens with one attached hydrogen (secondary N) is 1. The van der Waals surface area contributed by atoms with Gasteiger partial charge in [0, 0.05) is 31.9 Å². The maximum absolute atomic E-state index is 13.5. The summed E-state index contributed by atoms with van der Waals surface area (Å²) in [5.74, 6) is -0.413. The van der Waals surface area contributed by atoms with Crippen molar-refractivity contribution in [2.75, 3.05) is 32.0 Å². The van der Waals surface area contributed by atoms with Crippen LogP contribution >= 0.6 is 0 Å². The van der Waals surface area contributed by atoms with Crippen LogP contribution in [0.4, 0.5) is 10.5 Å². The number of urea groups is 1. The lowest BCUT2D eigenvalue weighted by Gasteiger charge is -2.47. The standard InChI is InChI=1S/C30H41N6O2/c1-5-34-18-10-9-13-25(34)23-16-14-22(15-17-23)20-36-27(31-24-11-7-6-8-12-24)26-28(32-36)35(19-21(2)3)30(38)33(4)29(26)37/h6-8,11-12,14-17,21,25-28,31H,5,9-10,13,18-20H2,1-4H3/q-1. The summed E-state index contributed by atoms with van der Waals surface area (Å²) in [6, 6.07) is 19.0. The molecule has 8 heteroatoms. The average Bonchev–Trinajstić information content (AvgIpc) is 3.28. The first kappa shape index (κ1) is 26.7. The summed E-state index contributed by atoms with van der Waals surface area (Å²) in [6.07, 6.45) is 2.87. The fourth-order valence-electron chi connectivity index (χ4n) is 6.15. The molecule has 0 radical (unpaired) electrons. The van der Waals surface area contributed by atoms with Crippen LogP contribution in [-0.4, -0.2) is 70.7 Å². The Labute approximate surface area is 226 Å². The zero-order valence-electron chi connectivity index (χ0n) is 23.1. The highest BCUT2D eigenvalue weighted by atomic mass is 16.2. The summed E-state index contributed by atoms with van der Waals surface area (Å²) in [6.45, 7) is 9.75. The Morgan fingerprint density at radius 3 is 2.45 bits per heavy atom. The van der Waals surface area contributed by atoms with Gasteiger partial charge < -0.3 is 20.7 Å². The molecular weight excluding hydrogens is 476 g/mol. The van der Waals surface area contributed by atoms with Gasteiger partial charge in [0.25, 0.3) is 0 Å². The first-order chi connectivity index (χ1) is 18.4. The number of hydrogen-bond donors (Lipinski definition) is 1. The zero-order chi connectivity index (χ0) is 26.8. The van der Waals surface area contributed by atoms with Crippen LogP contribution in [0.25, 0.3) is 5.43 Å². The fraction of sp³-hybridized carbons (Fsp3) is 0.533. The second-order valence-electron chi connectivity index (χ2n) is 11.2. The summed E-state index contributed by atoms with van der Waals surface area (Å²) < 4.78 is 0. The minimum Gasteiger partial charge on any atom is -0.572 e. The van der Waals surface area contributed by atoms with Gasteiger partial charge in [0.1, 0.15) is 0 Å². The summed E-state index contributed by atoms with van der Waals surface area (Å²) >= 11 is 0. The first-order valence-electron chi connectivity index (χ1n) is 14.1. The van der Waals surface area contributed by atoms with Gasteiger partial charge in [0.05, 0.1) is 12.1 Å². The molecule has 2 aromatic carbocycles. The maximum atomic E-state index is 13.5. The van der Waals surface area contributed by atoms with Gasteiger partial charge in [-0.2, -0.15) is 0 Å². The fourth-order valence-corrected chi connectivity index (χ4v) is 6.15. The van der Waals surface area contributed by atoms with Gasteiger partial charge in [-0.25, -0.2) is 4.79 Å². The molecule has 2 aromatic rings. The highest BCUT2D eigenvalue weighted by Crippen LogP contribution is 2.41. The molecule has 38 heavy (non-hydrogen) atoms. The van der Waals surface area contributed by atoms with E-state index in [1.807, 2.05) is 35.3 Å². The molecule has 3 aliphatic heterocycles. The molecule has 0 spiro atoms. The van der Waals surface area contributed by atoms with Crippen LogP contribution in [-0.2, 0) is 11.3 Å². The highest BCUT2D eigenvalue weighted by Gasteiger charge is 2.49. The Kier molecular flexibility index (Phi) is 8.02. The van der Waals surface area contributed by atoms with Gasteiger partial charge >= 0.3 is 6.03 Å². The van der Waals surface area contributed by atoms with E-state index < -0.39 is 12.1 Å². The Bertz CT molecular complexity index is 1110. The summed E-state index contributed by atoms with van der Waals surface area (Å²) in [7, 11) is 1.58. The van der Waals surface area contributed by atoms with Crippen LogP contribution in [0.2, 0.25) is 0 Å². The number of rotatable bonds is 8. The van der Waals surface area contributed by atoms with Crippen LogP contribution in [0, 0.1) is 11.8 Å². The molecule has 0 aliphatic carbocycles. The van der Waals surface area contributed by atoms with Gasteiger partial charge in [-0.3, -0.25) is 14.6 Å². The number of carbonyl (C=O) groups excluding carboxylic acids is 2. The lowest BCUT2D eigenvalue weighted by Crippen LogP contribution is -2.61. The molecule has 4 atom stereocenters. The second-order valence-corrected chi connectivity index (χ2v) is 11.2. The van der Waals surface area contributed by atoms with Crippen molar-refractivity contribution in [3.8, 4) is 0 Å². The predicted molar refractivity (Wildman–Crippen MR) is 150 cm³/mol. The van der Waals surface area contributed by atoms with Crippen molar-refractivity contribution in [1.29, 1.82) is 0 Å². The molecule has 0 bridgehead atoms. The number of benzene rings is 2. The summed E-state index contributed by atoms with van der Waals surface area (Å²) in [4.78, 5) is 32.2. The molecule has 3 heterocycles. The van der Waals surface area contributed by atoms with Crippen molar-refractivity contribution < 1.29 is 9.59 Å². The highest BCUT2D eigenvalue weighted by molar-refractivity contribution is 5.99. The van der Waals surface area contributed by atoms with Crippen LogP contribution in [0.15, 0.2) is 54.6 Å². The first-order valence-corrected chi connectivity index (χ1v) is 14.1. The summed E-state index contributed by atoms with van der Waals surface area (Å²) in [5, 5.41) is 5.55. The van der Waals surface area contributed by atoms with E-state index in [1.54, 1.807) is 11.9 Å². The van der Waals surface area contributed by atoms with Crippen molar-refractivity contribution in [3.05, 3.63) is 71.1 Å².